The van der Waals surface area contributed by atoms with Gasteiger partial charge in [-0.2, -0.15) is 10.2 Å². The predicted molar refractivity (Wildman–Crippen MR) is 127 cm³/mol. The Bertz CT molecular complexity index is 1540. The number of rotatable bonds is 4. The standard InChI is InChI=1S/C26H21FN6O3/c1-31-24(21-10-11-33(30-21)18-5-3-17(27)4-6-18)20(13-28-31)15-2-7-19-16(12-15)14-32(26(19)36)22-8-9-23(34)29-25(22)35/h2-7,10-13,22H,8-9,14H2,1H3,(H,29,34,35). The van der Waals surface area contributed by atoms with Gasteiger partial charge in [0.05, 0.1) is 17.6 Å². The lowest BCUT2D eigenvalue weighted by Gasteiger charge is -2.29. The molecule has 1 atom stereocenters. The number of imide groups is 1. The molecule has 1 saturated heterocycles. The van der Waals surface area contributed by atoms with Gasteiger partial charge in [-0.15, -0.1) is 0 Å². The van der Waals surface area contributed by atoms with Gasteiger partial charge in [0.25, 0.3) is 5.91 Å². The molecule has 1 N–H and O–H groups in total. The SMILES string of the molecule is Cn1ncc(-c2ccc3c(c2)CN(C2CCC(=O)NC2=O)C3=O)c1-c1ccn(-c2ccc(F)cc2)n1. The summed E-state index contributed by atoms with van der Waals surface area (Å²) in [7, 11) is 1.83. The van der Waals surface area contributed by atoms with Gasteiger partial charge in [-0.25, -0.2) is 9.07 Å². The topological polar surface area (TPSA) is 102 Å². The number of carbonyl (C=O) groups is 3. The number of aryl methyl sites for hydroxylation is 1. The highest BCUT2D eigenvalue weighted by Gasteiger charge is 2.39. The number of fused-ring (bicyclic) bond motifs is 1. The van der Waals surface area contributed by atoms with E-state index in [4.69, 9.17) is 0 Å². The minimum absolute atomic E-state index is 0.212. The Labute approximate surface area is 205 Å². The van der Waals surface area contributed by atoms with Crippen LogP contribution in [0.15, 0.2) is 60.9 Å². The predicted octanol–water partition coefficient (Wildman–Crippen LogP) is 2.84. The van der Waals surface area contributed by atoms with E-state index in [9.17, 15) is 18.8 Å². The molecule has 0 radical (unpaired) electrons. The molecule has 2 aliphatic rings. The van der Waals surface area contributed by atoms with Crippen LogP contribution in [-0.2, 0) is 23.2 Å². The van der Waals surface area contributed by atoms with Crippen molar-refractivity contribution in [1.82, 2.24) is 29.8 Å². The maximum Gasteiger partial charge on any atom is 0.255 e. The summed E-state index contributed by atoms with van der Waals surface area (Å²) in [5.41, 5.74) is 5.29. The van der Waals surface area contributed by atoms with Crippen molar-refractivity contribution in [1.29, 1.82) is 0 Å². The molecule has 0 saturated carbocycles. The van der Waals surface area contributed by atoms with Crippen molar-refractivity contribution in [2.24, 2.45) is 7.05 Å². The molecule has 180 valence electrons. The van der Waals surface area contributed by atoms with Crippen LogP contribution in [0, 0.1) is 5.82 Å². The molecule has 9 nitrogen and oxygen atoms in total. The molecule has 0 bridgehead atoms. The molecule has 2 aromatic heterocycles. The summed E-state index contributed by atoms with van der Waals surface area (Å²) >= 11 is 0. The van der Waals surface area contributed by atoms with Crippen molar-refractivity contribution < 1.29 is 18.8 Å². The Morgan fingerprint density at radius 1 is 1.03 bits per heavy atom. The van der Waals surface area contributed by atoms with Crippen molar-refractivity contribution in [2.75, 3.05) is 0 Å². The molecule has 1 unspecified atom stereocenters. The highest BCUT2D eigenvalue weighted by molar-refractivity contribution is 6.05. The van der Waals surface area contributed by atoms with Crippen molar-refractivity contribution >= 4 is 17.7 Å². The second-order valence-electron chi connectivity index (χ2n) is 8.92. The number of amides is 3. The molecule has 2 aromatic carbocycles. The quantitative estimate of drug-likeness (QED) is 0.449. The third kappa shape index (κ3) is 3.58. The summed E-state index contributed by atoms with van der Waals surface area (Å²) in [6, 6.07) is 12.9. The average molecular weight is 484 g/mol. The summed E-state index contributed by atoms with van der Waals surface area (Å²) in [5.74, 6) is -1.27. The lowest BCUT2D eigenvalue weighted by molar-refractivity contribution is -0.136. The van der Waals surface area contributed by atoms with Crippen molar-refractivity contribution in [3.8, 4) is 28.2 Å². The number of aromatic nitrogens is 4. The van der Waals surface area contributed by atoms with E-state index in [-0.39, 0.29) is 24.1 Å². The van der Waals surface area contributed by atoms with E-state index in [1.807, 2.05) is 25.2 Å². The zero-order chi connectivity index (χ0) is 25.0. The van der Waals surface area contributed by atoms with E-state index in [2.05, 4.69) is 15.5 Å². The average Bonchev–Trinajstić information content (AvgIpc) is 3.57. The number of benzene rings is 2. The first-order valence-corrected chi connectivity index (χ1v) is 11.5. The van der Waals surface area contributed by atoms with E-state index in [1.54, 1.807) is 40.0 Å². The fraction of sp³-hybridized carbons (Fsp3) is 0.192. The number of hydrogen-bond donors (Lipinski definition) is 1. The van der Waals surface area contributed by atoms with Gasteiger partial charge in [0.15, 0.2) is 0 Å². The molecule has 0 spiro atoms. The fourth-order valence-corrected chi connectivity index (χ4v) is 4.88. The first-order valence-electron chi connectivity index (χ1n) is 11.5. The van der Waals surface area contributed by atoms with E-state index >= 15 is 0 Å². The summed E-state index contributed by atoms with van der Waals surface area (Å²) < 4.78 is 16.7. The summed E-state index contributed by atoms with van der Waals surface area (Å²) in [5, 5.41) is 11.4. The molecule has 0 aliphatic carbocycles. The largest absolute Gasteiger partial charge is 0.322 e. The summed E-state index contributed by atoms with van der Waals surface area (Å²) in [4.78, 5) is 38.4. The maximum absolute atomic E-state index is 13.3. The van der Waals surface area contributed by atoms with Gasteiger partial charge in [0.1, 0.15) is 17.6 Å². The molecule has 3 amide bonds. The van der Waals surface area contributed by atoms with Gasteiger partial charge in [-0.3, -0.25) is 24.4 Å². The smallest absolute Gasteiger partial charge is 0.255 e. The van der Waals surface area contributed by atoms with E-state index in [0.717, 1.165) is 28.1 Å². The van der Waals surface area contributed by atoms with Gasteiger partial charge in [0, 0.05) is 37.3 Å². The number of halogens is 1. The lowest BCUT2D eigenvalue weighted by atomic mass is 10.00. The van der Waals surface area contributed by atoms with Crippen molar-refractivity contribution in [3.05, 3.63) is 77.9 Å². The molecule has 10 heteroatoms. The van der Waals surface area contributed by atoms with Crippen LogP contribution in [0.2, 0.25) is 0 Å². The van der Waals surface area contributed by atoms with Crippen LogP contribution in [0.3, 0.4) is 0 Å². The third-order valence-corrected chi connectivity index (χ3v) is 6.70. The highest BCUT2D eigenvalue weighted by Crippen LogP contribution is 2.35. The minimum atomic E-state index is -0.657. The van der Waals surface area contributed by atoms with Crippen LogP contribution >= 0.6 is 0 Å². The molecular formula is C26H21FN6O3. The number of piperidine rings is 1. The molecule has 1 fully saturated rings. The molecule has 2 aliphatic heterocycles. The number of hydrogen-bond acceptors (Lipinski definition) is 5. The molecule has 4 heterocycles. The summed E-state index contributed by atoms with van der Waals surface area (Å²) in [6.07, 6.45) is 4.09. The first-order chi connectivity index (χ1) is 17.4. The van der Waals surface area contributed by atoms with E-state index < -0.39 is 11.9 Å². The van der Waals surface area contributed by atoms with Gasteiger partial charge in [-0.05, 0) is 60.0 Å². The van der Waals surface area contributed by atoms with Crippen LogP contribution in [0.4, 0.5) is 4.39 Å². The number of nitrogens with zero attached hydrogens (tertiary/aromatic N) is 5. The fourth-order valence-electron chi connectivity index (χ4n) is 4.88. The Kier molecular flexibility index (Phi) is 5.03. The second-order valence-corrected chi connectivity index (χ2v) is 8.92. The molecule has 6 rings (SSSR count). The van der Waals surface area contributed by atoms with Crippen molar-refractivity contribution in [2.45, 2.75) is 25.4 Å². The molecule has 4 aromatic rings. The van der Waals surface area contributed by atoms with E-state index in [0.29, 0.717) is 24.2 Å². The zero-order valence-corrected chi connectivity index (χ0v) is 19.3. The third-order valence-electron chi connectivity index (χ3n) is 6.70. The Hall–Kier alpha value is -4.60. The Morgan fingerprint density at radius 2 is 1.83 bits per heavy atom. The van der Waals surface area contributed by atoms with Crippen LogP contribution < -0.4 is 5.32 Å². The number of nitrogens with one attached hydrogen (secondary N) is 1. The van der Waals surface area contributed by atoms with Gasteiger partial charge in [-0.1, -0.05) is 6.07 Å². The number of carbonyl (C=O) groups excluding carboxylic acids is 3. The minimum Gasteiger partial charge on any atom is -0.322 e. The van der Waals surface area contributed by atoms with Crippen LogP contribution in [0.25, 0.3) is 28.2 Å². The normalized spacial score (nSPS) is 17.4. The monoisotopic (exact) mass is 484 g/mol. The second kappa shape index (κ2) is 8.26. The zero-order valence-electron chi connectivity index (χ0n) is 19.3. The maximum atomic E-state index is 13.3. The lowest BCUT2D eigenvalue weighted by Crippen LogP contribution is -2.52. The summed E-state index contributed by atoms with van der Waals surface area (Å²) in [6.45, 7) is 0.295. The van der Waals surface area contributed by atoms with Crippen LogP contribution in [0.1, 0.15) is 28.8 Å². The van der Waals surface area contributed by atoms with Crippen molar-refractivity contribution in [3.63, 3.8) is 0 Å². The van der Waals surface area contributed by atoms with Gasteiger partial charge >= 0.3 is 0 Å². The van der Waals surface area contributed by atoms with Gasteiger partial charge < -0.3 is 4.90 Å². The van der Waals surface area contributed by atoms with E-state index in [1.165, 1.54) is 17.0 Å². The van der Waals surface area contributed by atoms with Gasteiger partial charge in [0.2, 0.25) is 11.8 Å². The first kappa shape index (κ1) is 21.9. The highest BCUT2D eigenvalue weighted by atomic mass is 19.1. The Balaban J connectivity index is 1.32. The van der Waals surface area contributed by atoms with Crippen LogP contribution in [0.5, 0.6) is 0 Å². The molecular weight excluding hydrogens is 463 g/mol. The molecule has 36 heavy (non-hydrogen) atoms. The Morgan fingerprint density at radius 3 is 2.61 bits per heavy atom. The van der Waals surface area contributed by atoms with Crippen LogP contribution in [-0.4, -0.2) is 48.2 Å².